The summed E-state index contributed by atoms with van der Waals surface area (Å²) in [5, 5.41) is 17.3. The first kappa shape index (κ1) is 31.9. The van der Waals surface area contributed by atoms with E-state index in [2.05, 4.69) is 194 Å². The van der Waals surface area contributed by atoms with Gasteiger partial charge in [-0.1, -0.05) is 182 Å². The van der Waals surface area contributed by atoms with Gasteiger partial charge in [0.15, 0.2) is 0 Å². The molecule has 0 spiro atoms. The van der Waals surface area contributed by atoms with Crippen LogP contribution in [0, 0.1) is 0 Å². The lowest BCUT2D eigenvalue weighted by atomic mass is 9.83. The number of hydrogen-bond acceptors (Lipinski definition) is 2. The molecular formula is C56H32OS. The van der Waals surface area contributed by atoms with Crippen molar-refractivity contribution in [2.75, 3.05) is 0 Å². The maximum absolute atomic E-state index is 6.89. The van der Waals surface area contributed by atoms with Crippen LogP contribution in [0.5, 0.6) is 0 Å². The van der Waals surface area contributed by atoms with Crippen molar-refractivity contribution < 1.29 is 4.42 Å². The molecule has 0 fully saturated rings. The fraction of sp³-hybridized carbons (Fsp3) is 0. The van der Waals surface area contributed by atoms with Gasteiger partial charge in [0.2, 0.25) is 0 Å². The molecule has 0 aliphatic rings. The lowest BCUT2D eigenvalue weighted by Crippen LogP contribution is -1.93. The van der Waals surface area contributed by atoms with Gasteiger partial charge in [-0.05, 0) is 99.4 Å². The molecule has 2 aromatic heterocycles. The number of furan rings is 1. The van der Waals surface area contributed by atoms with Crippen molar-refractivity contribution >= 4 is 107 Å². The highest BCUT2D eigenvalue weighted by Crippen LogP contribution is 2.51. The molecule has 0 atom stereocenters. The van der Waals surface area contributed by atoms with Gasteiger partial charge in [-0.2, -0.15) is 0 Å². The topological polar surface area (TPSA) is 13.1 Å². The second-order valence-corrected chi connectivity index (χ2v) is 16.5. The molecule has 0 aliphatic carbocycles. The number of benzene rings is 11. The van der Waals surface area contributed by atoms with Gasteiger partial charge in [-0.3, -0.25) is 0 Å². The van der Waals surface area contributed by atoms with Crippen LogP contribution in [0.4, 0.5) is 0 Å². The molecule has 0 aliphatic heterocycles. The first-order chi connectivity index (χ1) is 28.8. The highest BCUT2D eigenvalue weighted by Gasteiger charge is 2.24. The summed E-state index contributed by atoms with van der Waals surface area (Å²) >= 11 is 1.87. The number of thiophene rings is 1. The molecule has 268 valence electrons. The first-order valence-electron chi connectivity index (χ1n) is 19.9. The summed E-state index contributed by atoms with van der Waals surface area (Å²) in [5.41, 5.74) is 9.33. The van der Waals surface area contributed by atoms with Crippen molar-refractivity contribution in [3.05, 3.63) is 194 Å². The second kappa shape index (κ2) is 12.1. The smallest absolute Gasteiger partial charge is 0.145 e. The molecule has 0 saturated carbocycles. The Morgan fingerprint density at radius 2 is 0.810 bits per heavy atom. The van der Waals surface area contributed by atoms with Crippen LogP contribution in [0.25, 0.3) is 129 Å². The van der Waals surface area contributed by atoms with Crippen molar-refractivity contribution in [2.45, 2.75) is 0 Å². The van der Waals surface area contributed by atoms with Crippen LogP contribution in [0.1, 0.15) is 0 Å². The minimum atomic E-state index is 0.913. The summed E-state index contributed by atoms with van der Waals surface area (Å²) in [6.45, 7) is 0. The van der Waals surface area contributed by atoms with E-state index in [4.69, 9.17) is 4.42 Å². The maximum Gasteiger partial charge on any atom is 0.145 e. The third-order valence-electron chi connectivity index (χ3n) is 12.4. The lowest BCUT2D eigenvalue weighted by Gasteiger charge is -2.20. The summed E-state index contributed by atoms with van der Waals surface area (Å²) in [6, 6.07) is 71.4. The van der Waals surface area contributed by atoms with E-state index in [9.17, 15) is 0 Å². The Kier molecular flexibility index (Phi) is 6.66. The zero-order valence-electron chi connectivity index (χ0n) is 31.3. The molecule has 13 aromatic rings. The summed E-state index contributed by atoms with van der Waals surface area (Å²) < 4.78 is 9.43. The van der Waals surface area contributed by atoms with E-state index < -0.39 is 0 Å². The van der Waals surface area contributed by atoms with E-state index in [1.165, 1.54) is 113 Å². The molecule has 13 rings (SSSR count). The average molecular weight is 753 g/mol. The van der Waals surface area contributed by atoms with Crippen molar-refractivity contribution in [1.82, 2.24) is 0 Å². The zero-order chi connectivity index (χ0) is 37.9. The molecule has 0 amide bonds. The highest BCUT2D eigenvalue weighted by atomic mass is 32.1. The van der Waals surface area contributed by atoms with E-state index >= 15 is 0 Å². The van der Waals surface area contributed by atoms with Crippen LogP contribution in [-0.4, -0.2) is 0 Å². The number of para-hydroxylation sites is 1. The van der Waals surface area contributed by atoms with Crippen LogP contribution in [0.2, 0.25) is 0 Å². The van der Waals surface area contributed by atoms with Crippen molar-refractivity contribution in [2.24, 2.45) is 0 Å². The van der Waals surface area contributed by atoms with Gasteiger partial charge in [0, 0.05) is 30.9 Å². The largest absolute Gasteiger partial charge is 0.455 e. The molecule has 0 radical (unpaired) electrons. The summed E-state index contributed by atoms with van der Waals surface area (Å²) in [6.07, 6.45) is 0. The van der Waals surface area contributed by atoms with Gasteiger partial charge in [0.1, 0.15) is 11.2 Å². The maximum atomic E-state index is 6.89. The van der Waals surface area contributed by atoms with Crippen LogP contribution in [-0.2, 0) is 0 Å². The summed E-state index contributed by atoms with van der Waals surface area (Å²) in [7, 11) is 0. The minimum absolute atomic E-state index is 0.913. The number of fused-ring (bicyclic) bond motifs is 13. The third-order valence-corrected chi connectivity index (χ3v) is 13.6. The Balaban J connectivity index is 1.12. The summed E-state index contributed by atoms with van der Waals surface area (Å²) in [4.78, 5) is 0. The van der Waals surface area contributed by atoms with Crippen LogP contribution < -0.4 is 0 Å². The van der Waals surface area contributed by atoms with Crippen molar-refractivity contribution in [3.63, 3.8) is 0 Å². The van der Waals surface area contributed by atoms with Gasteiger partial charge in [-0.15, -0.1) is 11.3 Å². The molecule has 0 bridgehead atoms. The fourth-order valence-electron chi connectivity index (χ4n) is 9.99. The Labute approximate surface area is 337 Å². The SMILES string of the molecule is c1ccc2c(-c3c4ccccc4c(-c4ccc(-c5cc6sc7c8ccccc8ccc7c6c6oc7ccccc7c56)c5ccccc45)c4ccccc34)cccc2c1. The molecule has 0 unspecified atom stereocenters. The Morgan fingerprint density at radius 1 is 0.310 bits per heavy atom. The van der Waals surface area contributed by atoms with Crippen LogP contribution in [0.15, 0.2) is 199 Å². The lowest BCUT2D eigenvalue weighted by molar-refractivity contribution is 0.673. The molecule has 0 N–H and O–H groups in total. The van der Waals surface area contributed by atoms with Crippen molar-refractivity contribution in [1.29, 1.82) is 0 Å². The monoisotopic (exact) mass is 752 g/mol. The third kappa shape index (κ3) is 4.41. The van der Waals surface area contributed by atoms with Crippen molar-refractivity contribution in [3.8, 4) is 33.4 Å². The van der Waals surface area contributed by atoms with Crippen LogP contribution >= 0.6 is 11.3 Å². The molecule has 0 saturated heterocycles. The van der Waals surface area contributed by atoms with E-state index in [-0.39, 0.29) is 0 Å². The molecule has 2 heterocycles. The van der Waals surface area contributed by atoms with Gasteiger partial charge >= 0.3 is 0 Å². The molecule has 2 heteroatoms. The quantitative estimate of drug-likeness (QED) is 0.164. The predicted molar refractivity (Wildman–Crippen MR) is 250 cm³/mol. The van der Waals surface area contributed by atoms with E-state index in [0.717, 1.165) is 16.6 Å². The fourth-order valence-corrected chi connectivity index (χ4v) is 11.3. The molecule has 58 heavy (non-hydrogen) atoms. The van der Waals surface area contributed by atoms with E-state index in [1.807, 2.05) is 11.3 Å². The van der Waals surface area contributed by atoms with Gasteiger partial charge in [0.25, 0.3) is 0 Å². The first-order valence-corrected chi connectivity index (χ1v) is 20.7. The highest BCUT2D eigenvalue weighted by molar-refractivity contribution is 7.27. The Morgan fingerprint density at radius 3 is 1.50 bits per heavy atom. The normalized spacial score (nSPS) is 12.1. The predicted octanol–water partition coefficient (Wildman–Crippen LogP) is 16.7. The standard InChI is InChI=1S/C56H32OS/c1-3-17-35-33(14-1)16-13-26-40(35)51-41-21-7-9-23-43(41)52(44-24-10-8-22-42(44)51)45-31-30-39(37-19-5-6-20-38(37)45)48-32-50-54(55-53(48)46-25-11-12-27-49(46)57-55)47-29-28-34-15-2-4-18-36(34)56(47)58-50/h1-32H. The second-order valence-electron chi connectivity index (χ2n) is 15.4. The van der Waals surface area contributed by atoms with Gasteiger partial charge < -0.3 is 4.42 Å². The zero-order valence-corrected chi connectivity index (χ0v) is 32.1. The molecule has 1 nitrogen and oxygen atoms in total. The Bertz CT molecular complexity index is 3800. The Hall–Kier alpha value is -7.26. The van der Waals surface area contributed by atoms with Crippen LogP contribution in [0.3, 0.4) is 0 Å². The van der Waals surface area contributed by atoms with E-state index in [1.54, 1.807) is 0 Å². The molecular weight excluding hydrogens is 721 g/mol. The number of hydrogen-bond donors (Lipinski definition) is 0. The van der Waals surface area contributed by atoms with Gasteiger partial charge in [0.05, 0.1) is 0 Å². The molecule has 11 aromatic carbocycles. The van der Waals surface area contributed by atoms with Gasteiger partial charge in [-0.25, -0.2) is 0 Å². The minimum Gasteiger partial charge on any atom is -0.455 e. The van der Waals surface area contributed by atoms with E-state index in [0.29, 0.717) is 0 Å². The average Bonchev–Trinajstić information content (AvgIpc) is 3.87. The summed E-state index contributed by atoms with van der Waals surface area (Å²) in [5.74, 6) is 0. The number of rotatable bonds is 3.